The van der Waals surface area contributed by atoms with Gasteiger partial charge < -0.3 is 0 Å². The van der Waals surface area contributed by atoms with Gasteiger partial charge in [-0.3, -0.25) is 0 Å². The number of rotatable bonds is 4. The summed E-state index contributed by atoms with van der Waals surface area (Å²) in [6, 6.07) is 52.3. The van der Waals surface area contributed by atoms with Crippen molar-refractivity contribution in [3.05, 3.63) is 151 Å². The Balaban J connectivity index is 1.57. The molecule has 0 spiro atoms. The van der Waals surface area contributed by atoms with Crippen molar-refractivity contribution in [1.29, 1.82) is 0 Å². The molecule has 1 nitrogen and oxygen atoms in total. The second-order valence-electron chi connectivity index (χ2n) is 12.0. The molecule has 7 rings (SSSR count). The molecule has 0 unspecified atom stereocenters. The molecular weight excluding hydrogens is 506 g/mol. The van der Waals surface area contributed by atoms with Gasteiger partial charge in [-0.05, 0) is 79.0 Å². The molecule has 0 atom stereocenters. The van der Waals surface area contributed by atoms with Crippen LogP contribution in [0.4, 0.5) is 0 Å². The SMILES string of the molecule is CC(C)(C)c1ccc2c(-c3ccccc3)c3cc(-c4cccc(-c5ccccc5)n4)ccc3c(-c3ccccc3)c2c1. The summed E-state index contributed by atoms with van der Waals surface area (Å²) in [7, 11) is 0. The zero-order chi connectivity index (χ0) is 28.7. The maximum absolute atomic E-state index is 5.10. The average Bonchev–Trinajstić information content (AvgIpc) is 3.04. The molecule has 0 aliphatic heterocycles. The number of pyridine rings is 1. The van der Waals surface area contributed by atoms with Gasteiger partial charge in [-0.1, -0.05) is 142 Å². The monoisotopic (exact) mass is 539 g/mol. The van der Waals surface area contributed by atoms with Crippen LogP contribution in [0.15, 0.2) is 146 Å². The zero-order valence-corrected chi connectivity index (χ0v) is 24.3. The van der Waals surface area contributed by atoms with Crippen LogP contribution >= 0.6 is 0 Å². The fourth-order valence-electron chi connectivity index (χ4n) is 6.05. The highest BCUT2D eigenvalue weighted by atomic mass is 14.7. The first-order valence-electron chi connectivity index (χ1n) is 14.6. The highest BCUT2D eigenvalue weighted by molar-refractivity contribution is 6.22. The first-order chi connectivity index (χ1) is 20.5. The van der Waals surface area contributed by atoms with Crippen LogP contribution in [-0.2, 0) is 5.41 Å². The van der Waals surface area contributed by atoms with Gasteiger partial charge in [0.15, 0.2) is 0 Å². The molecule has 0 saturated heterocycles. The molecule has 1 heteroatoms. The Morgan fingerprint density at radius 3 is 1.40 bits per heavy atom. The lowest BCUT2D eigenvalue weighted by atomic mass is 9.81. The van der Waals surface area contributed by atoms with Crippen molar-refractivity contribution in [2.24, 2.45) is 0 Å². The Hall–Kier alpha value is -5.01. The molecule has 42 heavy (non-hydrogen) atoms. The number of hydrogen-bond donors (Lipinski definition) is 0. The van der Waals surface area contributed by atoms with Gasteiger partial charge >= 0.3 is 0 Å². The Morgan fingerprint density at radius 2 is 0.857 bits per heavy atom. The predicted molar refractivity (Wildman–Crippen MR) is 180 cm³/mol. The second-order valence-corrected chi connectivity index (χ2v) is 12.0. The molecule has 1 aromatic heterocycles. The van der Waals surface area contributed by atoms with E-state index >= 15 is 0 Å². The number of benzene rings is 6. The molecule has 0 saturated carbocycles. The third-order valence-electron chi connectivity index (χ3n) is 8.22. The Labute approximate surface area is 248 Å². The van der Waals surface area contributed by atoms with Crippen molar-refractivity contribution in [3.63, 3.8) is 0 Å². The van der Waals surface area contributed by atoms with Gasteiger partial charge in [0.2, 0.25) is 0 Å². The molecule has 0 bridgehead atoms. The first kappa shape index (κ1) is 25.9. The van der Waals surface area contributed by atoms with Gasteiger partial charge in [-0.25, -0.2) is 4.98 Å². The van der Waals surface area contributed by atoms with Crippen molar-refractivity contribution in [2.75, 3.05) is 0 Å². The van der Waals surface area contributed by atoms with Gasteiger partial charge in [-0.2, -0.15) is 0 Å². The van der Waals surface area contributed by atoms with E-state index in [1.165, 1.54) is 49.4 Å². The third kappa shape index (κ3) is 4.67. The fraction of sp³-hybridized carbons (Fsp3) is 0.0976. The van der Waals surface area contributed by atoms with E-state index < -0.39 is 0 Å². The van der Waals surface area contributed by atoms with Crippen molar-refractivity contribution in [1.82, 2.24) is 4.98 Å². The molecule has 0 radical (unpaired) electrons. The Kier molecular flexibility index (Phi) is 6.44. The average molecular weight is 540 g/mol. The van der Waals surface area contributed by atoms with Gasteiger partial charge in [-0.15, -0.1) is 0 Å². The van der Waals surface area contributed by atoms with Crippen molar-refractivity contribution < 1.29 is 0 Å². The highest BCUT2D eigenvalue weighted by Gasteiger charge is 2.21. The summed E-state index contributed by atoms with van der Waals surface area (Å²) in [5.74, 6) is 0. The van der Waals surface area contributed by atoms with E-state index in [9.17, 15) is 0 Å². The summed E-state index contributed by atoms with van der Waals surface area (Å²) in [6.07, 6.45) is 0. The maximum Gasteiger partial charge on any atom is 0.0709 e. The molecular formula is C41H33N. The van der Waals surface area contributed by atoms with Crippen LogP contribution in [0.5, 0.6) is 0 Å². The van der Waals surface area contributed by atoms with Gasteiger partial charge in [0.05, 0.1) is 11.4 Å². The minimum Gasteiger partial charge on any atom is -0.248 e. The quantitative estimate of drug-likeness (QED) is 0.203. The van der Waals surface area contributed by atoms with Crippen molar-refractivity contribution in [3.8, 4) is 44.8 Å². The predicted octanol–water partition coefficient (Wildman–Crippen LogP) is 11.4. The maximum atomic E-state index is 5.10. The van der Waals surface area contributed by atoms with Crippen LogP contribution in [-0.4, -0.2) is 4.98 Å². The van der Waals surface area contributed by atoms with E-state index in [1.54, 1.807) is 0 Å². The lowest BCUT2D eigenvalue weighted by molar-refractivity contribution is 0.591. The normalized spacial score (nSPS) is 11.7. The Bertz CT molecular complexity index is 2030. The topological polar surface area (TPSA) is 12.9 Å². The van der Waals surface area contributed by atoms with Crippen LogP contribution < -0.4 is 0 Å². The van der Waals surface area contributed by atoms with Crippen LogP contribution in [0.3, 0.4) is 0 Å². The summed E-state index contributed by atoms with van der Waals surface area (Å²) in [5.41, 5.74) is 10.6. The lowest BCUT2D eigenvalue weighted by Gasteiger charge is -2.23. The van der Waals surface area contributed by atoms with E-state index in [0.29, 0.717) is 0 Å². The summed E-state index contributed by atoms with van der Waals surface area (Å²) >= 11 is 0. The number of hydrogen-bond acceptors (Lipinski definition) is 1. The second kappa shape index (κ2) is 10.4. The molecule has 7 aromatic rings. The molecule has 6 aromatic carbocycles. The van der Waals surface area contributed by atoms with Crippen molar-refractivity contribution in [2.45, 2.75) is 26.2 Å². The standard InChI is InChI=1S/C41H33N/c1-41(2,3)32-23-25-34-36(27-32)40(30-18-11-6-12-19-30)33-24-22-31(26-35(33)39(34)29-16-9-5-10-17-29)38-21-13-20-37(42-38)28-14-7-4-8-15-28/h4-27H,1-3H3. The van der Waals surface area contributed by atoms with Gasteiger partial charge in [0, 0.05) is 11.1 Å². The van der Waals surface area contributed by atoms with Crippen molar-refractivity contribution >= 4 is 21.5 Å². The van der Waals surface area contributed by atoms with E-state index in [4.69, 9.17) is 4.98 Å². The number of aromatic nitrogens is 1. The fourth-order valence-corrected chi connectivity index (χ4v) is 6.05. The summed E-state index contributed by atoms with van der Waals surface area (Å²) < 4.78 is 0. The van der Waals surface area contributed by atoms with Gasteiger partial charge in [0.25, 0.3) is 0 Å². The summed E-state index contributed by atoms with van der Waals surface area (Å²) in [6.45, 7) is 6.87. The van der Waals surface area contributed by atoms with E-state index in [-0.39, 0.29) is 5.41 Å². The molecule has 0 N–H and O–H groups in total. The van der Waals surface area contributed by atoms with Gasteiger partial charge in [0.1, 0.15) is 0 Å². The third-order valence-corrected chi connectivity index (χ3v) is 8.22. The van der Waals surface area contributed by atoms with Crippen LogP contribution in [0, 0.1) is 0 Å². The van der Waals surface area contributed by atoms with E-state index in [2.05, 4.69) is 160 Å². The molecule has 0 fully saturated rings. The molecule has 0 aliphatic rings. The first-order valence-corrected chi connectivity index (χ1v) is 14.6. The Morgan fingerprint density at radius 1 is 0.381 bits per heavy atom. The molecule has 1 heterocycles. The summed E-state index contributed by atoms with van der Waals surface area (Å²) in [5, 5.41) is 5.04. The van der Waals surface area contributed by atoms with Crippen LogP contribution in [0.25, 0.3) is 66.3 Å². The van der Waals surface area contributed by atoms with E-state index in [1.807, 2.05) is 6.07 Å². The summed E-state index contributed by atoms with van der Waals surface area (Å²) in [4.78, 5) is 5.10. The lowest BCUT2D eigenvalue weighted by Crippen LogP contribution is -2.10. The highest BCUT2D eigenvalue weighted by Crippen LogP contribution is 2.45. The smallest absolute Gasteiger partial charge is 0.0709 e. The molecule has 0 aliphatic carbocycles. The largest absolute Gasteiger partial charge is 0.248 e. The van der Waals surface area contributed by atoms with Crippen LogP contribution in [0.1, 0.15) is 26.3 Å². The minimum atomic E-state index is 0.0450. The zero-order valence-electron chi connectivity index (χ0n) is 24.3. The molecule has 0 amide bonds. The molecule has 202 valence electrons. The van der Waals surface area contributed by atoms with E-state index in [0.717, 1.165) is 22.5 Å². The number of nitrogens with zero attached hydrogens (tertiary/aromatic N) is 1. The van der Waals surface area contributed by atoms with Crippen LogP contribution in [0.2, 0.25) is 0 Å². The number of fused-ring (bicyclic) bond motifs is 2. The minimum absolute atomic E-state index is 0.0450.